The summed E-state index contributed by atoms with van der Waals surface area (Å²) in [5.74, 6) is -0.783. The highest BCUT2D eigenvalue weighted by Crippen LogP contribution is 2.28. The first-order valence-electron chi connectivity index (χ1n) is 6.62. The van der Waals surface area contributed by atoms with Crippen LogP contribution in [0.4, 0.5) is 5.69 Å². The second kappa shape index (κ2) is 6.69. The SMILES string of the molecule is C/C=C/COC(=O)c1ccccc1N1N=C1C(=O)OCC. The third-order valence-electron chi connectivity index (χ3n) is 2.71. The Balaban J connectivity index is 2.09. The van der Waals surface area contributed by atoms with Gasteiger partial charge in [-0.2, -0.15) is 0 Å². The van der Waals surface area contributed by atoms with Gasteiger partial charge in [0, 0.05) is 0 Å². The van der Waals surface area contributed by atoms with Crippen LogP contribution >= 0.6 is 0 Å². The molecule has 0 N–H and O–H groups in total. The molecule has 2 rings (SSSR count). The number of nitrogens with zero attached hydrogens (tertiary/aromatic N) is 2. The fourth-order valence-corrected chi connectivity index (χ4v) is 1.69. The van der Waals surface area contributed by atoms with E-state index in [2.05, 4.69) is 5.10 Å². The average molecular weight is 288 g/mol. The first-order chi connectivity index (χ1) is 10.2. The van der Waals surface area contributed by atoms with Gasteiger partial charge in [-0.3, -0.25) is 0 Å². The summed E-state index contributed by atoms with van der Waals surface area (Å²) in [6.07, 6.45) is 3.53. The van der Waals surface area contributed by atoms with Gasteiger partial charge in [-0.15, -0.1) is 5.10 Å². The highest BCUT2D eigenvalue weighted by molar-refractivity contribution is 6.47. The molecular formula is C15H16N2O4. The Bertz CT molecular complexity index is 607. The van der Waals surface area contributed by atoms with E-state index in [1.54, 1.807) is 43.3 Å². The Hall–Kier alpha value is -2.63. The molecule has 0 fully saturated rings. The summed E-state index contributed by atoms with van der Waals surface area (Å²) in [4.78, 5) is 23.6. The maximum atomic E-state index is 12.0. The van der Waals surface area contributed by atoms with Crippen molar-refractivity contribution in [2.45, 2.75) is 13.8 Å². The minimum atomic E-state index is -0.505. The van der Waals surface area contributed by atoms with E-state index >= 15 is 0 Å². The summed E-state index contributed by atoms with van der Waals surface area (Å²) in [6.45, 7) is 4.04. The zero-order valence-electron chi connectivity index (χ0n) is 11.9. The van der Waals surface area contributed by atoms with Gasteiger partial charge in [-0.1, -0.05) is 24.3 Å². The van der Waals surface area contributed by atoms with Gasteiger partial charge in [0.1, 0.15) is 6.61 Å². The smallest absolute Gasteiger partial charge is 0.378 e. The molecule has 21 heavy (non-hydrogen) atoms. The van der Waals surface area contributed by atoms with E-state index in [9.17, 15) is 9.59 Å². The van der Waals surface area contributed by atoms with Gasteiger partial charge >= 0.3 is 11.9 Å². The third-order valence-corrected chi connectivity index (χ3v) is 2.71. The van der Waals surface area contributed by atoms with E-state index in [1.807, 2.05) is 6.92 Å². The molecule has 1 heterocycles. The van der Waals surface area contributed by atoms with Crippen LogP contribution in [0.5, 0.6) is 0 Å². The van der Waals surface area contributed by atoms with Crippen LogP contribution < -0.4 is 5.01 Å². The predicted octanol–water partition coefficient (Wildman–Crippen LogP) is 2.12. The van der Waals surface area contributed by atoms with Crippen molar-refractivity contribution in [3.63, 3.8) is 0 Å². The van der Waals surface area contributed by atoms with Crippen molar-refractivity contribution < 1.29 is 19.1 Å². The second-order valence-corrected chi connectivity index (χ2v) is 4.14. The Morgan fingerprint density at radius 2 is 2.00 bits per heavy atom. The average Bonchev–Trinajstić information content (AvgIpc) is 3.28. The standard InChI is InChI=1S/C15H16N2O4/c1-3-5-10-21-14(18)11-8-6-7-9-12(11)17-13(16-17)15(19)20-4-2/h3,5-9H,4,10H2,1-2H3/b5-3+. The monoisotopic (exact) mass is 288 g/mol. The maximum absolute atomic E-state index is 12.0. The van der Waals surface area contributed by atoms with E-state index in [-0.39, 0.29) is 19.0 Å². The van der Waals surface area contributed by atoms with Crippen LogP contribution in [0.3, 0.4) is 0 Å². The molecule has 0 amide bonds. The summed E-state index contributed by atoms with van der Waals surface area (Å²) in [5.41, 5.74) is 0.857. The Morgan fingerprint density at radius 3 is 2.71 bits per heavy atom. The lowest BCUT2D eigenvalue weighted by atomic mass is 10.2. The number of carbonyl (C=O) groups excluding carboxylic acids is 2. The minimum Gasteiger partial charge on any atom is -0.460 e. The van der Waals surface area contributed by atoms with E-state index in [1.165, 1.54) is 5.01 Å². The van der Waals surface area contributed by atoms with Gasteiger partial charge in [0.2, 0.25) is 0 Å². The molecule has 0 spiro atoms. The number of carbonyl (C=O) groups is 2. The van der Waals surface area contributed by atoms with Crippen LogP contribution in [0, 0.1) is 0 Å². The number of ether oxygens (including phenoxy) is 2. The number of benzene rings is 1. The Labute approximate surface area is 122 Å². The van der Waals surface area contributed by atoms with Gasteiger partial charge in [0.15, 0.2) is 0 Å². The van der Waals surface area contributed by atoms with E-state index < -0.39 is 11.9 Å². The van der Waals surface area contributed by atoms with E-state index in [0.29, 0.717) is 11.3 Å². The van der Waals surface area contributed by atoms with Crippen molar-refractivity contribution in [2.24, 2.45) is 5.10 Å². The highest BCUT2D eigenvalue weighted by Gasteiger charge is 2.36. The maximum Gasteiger partial charge on any atom is 0.378 e. The molecule has 1 aliphatic heterocycles. The van der Waals surface area contributed by atoms with Crippen LogP contribution in [-0.2, 0) is 14.3 Å². The number of hydrazone groups is 1. The fraction of sp³-hybridized carbons (Fsp3) is 0.267. The zero-order valence-corrected chi connectivity index (χ0v) is 11.9. The number of hydrogen-bond donors (Lipinski definition) is 0. The summed E-state index contributed by atoms with van der Waals surface area (Å²) in [5, 5.41) is 5.32. The fourth-order valence-electron chi connectivity index (χ4n) is 1.69. The molecule has 0 saturated heterocycles. The molecule has 0 bridgehead atoms. The molecule has 6 heteroatoms. The van der Waals surface area contributed by atoms with Crippen molar-refractivity contribution in [1.82, 2.24) is 0 Å². The Morgan fingerprint density at radius 1 is 1.24 bits per heavy atom. The molecule has 0 aliphatic carbocycles. The van der Waals surface area contributed by atoms with Crippen LogP contribution in [0.15, 0.2) is 41.5 Å². The number of esters is 2. The molecular weight excluding hydrogens is 272 g/mol. The van der Waals surface area contributed by atoms with Gasteiger partial charge in [0.25, 0.3) is 5.84 Å². The number of hydrogen-bond acceptors (Lipinski definition) is 6. The third kappa shape index (κ3) is 3.47. The molecule has 0 aromatic heterocycles. The molecule has 0 unspecified atom stereocenters. The van der Waals surface area contributed by atoms with Crippen LogP contribution in [0.1, 0.15) is 24.2 Å². The van der Waals surface area contributed by atoms with Crippen LogP contribution in [0.2, 0.25) is 0 Å². The molecule has 1 aliphatic rings. The van der Waals surface area contributed by atoms with Crippen molar-refractivity contribution in [3.8, 4) is 0 Å². The topological polar surface area (TPSA) is 68.0 Å². The lowest BCUT2D eigenvalue weighted by Gasteiger charge is -2.09. The van der Waals surface area contributed by atoms with Gasteiger partial charge < -0.3 is 9.47 Å². The predicted molar refractivity (Wildman–Crippen MR) is 78.1 cm³/mol. The normalized spacial score (nSPS) is 13.0. The van der Waals surface area contributed by atoms with Gasteiger partial charge in [-0.05, 0) is 26.0 Å². The number of allylic oxidation sites excluding steroid dienone is 1. The number of para-hydroxylation sites is 1. The summed E-state index contributed by atoms with van der Waals surface area (Å²) < 4.78 is 9.97. The van der Waals surface area contributed by atoms with Gasteiger partial charge in [0.05, 0.1) is 17.9 Å². The summed E-state index contributed by atoms with van der Waals surface area (Å²) >= 11 is 0. The lowest BCUT2D eigenvalue weighted by Crippen LogP contribution is -2.19. The van der Waals surface area contributed by atoms with E-state index in [0.717, 1.165) is 0 Å². The largest absolute Gasteiger partial charge is 0.460 e. The molecule has 6 nitrogen and oxygen atoms in total. The first kappa shape index (κ1) is 14.8. The Kier molecular flexibility index (Phi) is 4.71. The van der Waals surface area contributed by atoms with E-state index in [4.69, 9.17) is 9.47 Å². The van der Waals surface area contributed by atoms with Crippen molar-refractivity contribution in [3.05, 3.63) is 42.0 Å². The summed E-state index contributed by atoms with van der Waals surface area (Å²) in [6, 6.07) is 6.81. The van der Waals surface area contributed by atoms with Crippen LogP contribution in [0.25, 0.3) is 0 Å². The molecule has 110 valence electrons. The number of rotatable bonds is 6. The quantitative estimate of drug-likeness (QED) is 0.592. The van der Waals surface area contributed by atoms with Gasteiger partial charge in [-0.25, -0.2) is 14.6 Å². The summed E-state index contributed by atoms with van der Waals surface area (Å²) in [7, 11) is 0. The number of amidine groups is 1. The second-order valence-electron chi connectivity index (χ2n) is 4.14. The highest BCUT2D eigenvalue weighted by atomic mass is 16.5. The minimum absolute atomic E-state index is 0.186. The molecule has 0 atom stereocenters. The lowest BCUT2D eigenvalue weighted by molar-refractivity contribution is -0.134. The van der Waals surface area contributed by atoms with Crippen molar-refractivity contribution in [2.75, 3.05) is 18.2 Å². The molecule has 1 aromatic carbocycles. The van der Waals surface area contributed by atoms with Crippen LogP contribution in [-0.4, -0.2) is 31.0 Å². The first-order valence-corrected chi connectivity index (χ1v) is 6.62. The number of anilines is 1. The molecule has 1 aromatic rings. The zero-order chi connectivity index (χ0) is 15.2. The van der Waals surface area contributed by atoms with Crippen molar-refractivity contribution in [1.29, 1.82) is 0 Å². The molecule has 0 saturated carbocycles. The van der Waals surface area contributed by atoms with Crippen molar-refractivity contribution >= 4 is 23.5 Å². The molecule has 0 radical (unpaired) electrons.